The normalized spacial score (nSPS) is 12.7. The van der Waals surface area contributed by atoms with Gasteiger partial charge in [-0.1, -0.05) is 48.9 Å². The van der Waals surface area contributed by atoms with Gasteiger partial charge in [-0.25, -0.2) is 0 Å². The van der Waals surface area contributed by atoms with E-state index in [-0.39, 0.29) is 6.04 Å². The number of halogens is 1. The van der Waals surface area contributed by atoms with E-state index in [1.807, 2.05) is 30.5 Å². The first kappa shape index (κ1) is 12.2. The number of fused-ring (bicyclic) bond motifs is 1. The van der Waals surface area contributed by atoms with Gasteiger partial charge in [0.2, 0.25) is 0 Å². The summed E-state index contributed by atoms with van der Waals surface area (Å²) in [5.41, 5.74) is 2.36. The summed E-state index contributed by atoms with van der Waals surface area (Å²) < 4.78 is 2.07. The van der Waals surface area contributed by atoms with Crippen LogP contribution in [0.2, 0.25) is 5.02 Å². The monoisotopic (exact) mass is 270 g/mol. The first-order valence-corrected chi connectivity index (χ1v) is 6.85. The molecule has 0 amide bonds. The molecule has 0 N–H and O–H groups in total. The second kappa shape index (κ2) is 5.06. The number of hydrogen-bond donors (Lipinski definition) is 0. The molecule has 0 bridgehead atoms. The molecule has 2 nitrogen and oxygen atoms in total. The molecular formula is C16H15ClN2. The third-order valence-corrected chi connectivity index (χ3v) is 3.66. The van der Waals surface area contributed by atoms with Gasteiger partial charge in [0, 0.05) is 10.4 Å². The summed E-state index contributed by atoms with van der Waals surface area (Å²) in [5.74, 6) is 0. The SMILES string of the molecule is CCC(c1ccccc1)n1ncc2ccc(Cl)cc21. The molecule has 1 aromatic heterocycles. The van der Waals surface area contributed by atoms with Crippen molar-refractivity contribution < 1.29 is 0 Å². The van der Waals surface area contributed by atoms with E-state index in [9.17, 15) is 0 Å². The summed E-state index contributed by atoms with van der Waals surface area (Å²) in [4.78, 5) is 0. The van der Waals surface area contributed by atoms with Crippen molar-refractivity contribution in [3.8, 4) is 0 Å². The van der Waals surface area contributed by atoms with Gasteiger partial charge in [-0.2, -0.15) is 5.10 Å². The Morgan fingerprint density at radius 2 is 1.95 bits per heavy atom. The van der Waals surface area contributed by atoms with Crippen LogP contribution < -0.4 is 0 Å². The Hall–Kier alpha value is -1.80. The van der Waals surface area contributed by atoms with Crippen LogP contribution >= 0.6 is 11.6 Å². The average molecular weight is 271 g/mol. The van der Waals surface area contributed by atoms with Crippen molar-refractivity contribution in [3.63, 3.8) is 0 Å². The van der Waals surface area contributed by atoms with E-state index in [2.05, 4.69) is 41.0 Å². The van der Waals surface area contributed by atoms with E-state index in [1.54, 1.807) is 0 Å². The third kappa shape index (κ3) is 2.24. The summed E-state index contributed by atoms with van der Waals surface area (Å²) in [6.07, 6.45) is 2.89. The van der Waals surface area contributed by atoms with Crippen LogP contribution in [0.3, 0.4) is 0 Å². The Morgan fingerprint density at radius 3 is 2.68 bits per heavy atom. The van der Waals surface area contributed by atoms with Crippen molar-refractivity contribution in [2.75, 3.05) is 0 Å². The van der Waals surface area contributed by atoms with Gasteiger partial charge in [0.25, 0.3) is 0 Å². The van der Waals surface area contributed by atoms with Gasteiger partial charge >= 0.3 is 0 Å². The van der Waals surface area contributed by atoms with Gasteiger partial charge in [-0.3, -0.25) is 4.68 Å². The van der Waals surface area contributed by atoms with Crippen LogP contribution in [0.1, 0.15) is 24.9 Å². The van der Waals surface area contributed by atoms with Crippen molar-refractivity contribution in [2.45, 2.75) is 19.4 Å². The highest BCUT2D eigenvalue weighted by molar-refractivity contribution is 6.31. The van der Waals surface area contributed by atoms with E-state index < -0.39 is 0 Å². The van der Waals surface area contributed by atoms with Gasteiger partial charge in [0.05, 0.1) is 17.8 Å². The largest absolute Gasteiger partial charge is 0.257 e. The summed E-state index contributed by atoms with van der Waals surface area (Å²) in [6.45, 7) is 2.18. The maximum absolute atomic E-state index is 6.10. The van der Waals surface area contributed by atoms with Crippen LogP contribution in [0.15, 0.2) is 54.7 Å². The van der Waals surface area contributed by atoms with Crippen molar-refractivity contribution in [1.29, 1.82) is 0 Å². The van der Waals surface area contributed by atoms with E-state index in [0.717, 1.165) is 22.3 Å². The molecule has 3 heteroatoms. The van der Waals surface area contributed by atoms with Gasteiger partial charge in [0.1, 0.15) is 0 Å². The molecule has 1 atom stereocenters. The van der Waals surface area contributed by atoms with E-state index in [4.69, 9.17) is 11.6 Å². The molecule has 2 aromatic carbocycles. The van der Waals surface area contributed by atoms with Gasteiger partial charge in [0.15, 0.2) is 0 Å². The fourth-order valence-electron chi connectivity index (χ4n) is 2.48. The van der Waals surface area contributed by atoms with Gasteiger partial charge < -0.3 is 0 Å². The zero-order chi connectivity index (χ0) is 13.2. The fraction of sp³-hybridized carbons (Fsp3) is 0.188. The lowest BCUT2D eigenvalue weighted by Crippen LogP contribution is -2.10. The molecule has 0 saturated heterocycles. The smallest absolute Gasteiger partial charge is 0.0773 e. The van der Waals surface area contributed by atoms with Crippen molar-refractivity contribution >= 4 is 22.5 Å². The topological polar surface area (TPSA) is 17.8 Å². The quantitative estimate of drug-likeness (QED) is 0.675. The minimum atomic E-state index is 0.247. The molecule has 3 aromatic rings. The number of hydrogen-bond acceptors (Lipinski definition) is 1. The lowest BCUT2D eigenvalue weighted by atomic mass is 10.0. The highest BCUT2D eigenvalue weighted by Crippen LogP contribution is 2.27. The molecular weight excluding hydrogens is 256 g/mol. The molecule has 0 aliphatic rings. The highest BCUT2D eigenvalue weighted by Gasteiger charge is 2.14. The molecule has 0 saturated carbocycles. The average Bonchev–Trinajstić information content (AvgIpc) is 2.84. The number of aromatic nitrogens is 2. The molecule has 3 rings (SSSR count). The first-order valence-electron chi connectivity index (χ1n) is 6.47. The maximum atomic E-state index is 6.10. The molecule has 1 unspecified atom stereocenters. The molecule has 0 aliphatic carbocycles. The van der Waals surface area contributed by atoms with Crippen LogP contribution in [0.5, 0.6) is 0 Å². The second-order valence-electron chi connectivity index (χ2n) is 4.63. The third-order valence-electron chi connectivity index (χ3n) is 3.43. The molecule has 19 heavy (non-hydrogen) atoms. The Kier molecular flexibility index (Phi) is 3.26. The van der Waals surface area contributed by atoms with Gasteiger partial charge in [-0.05, 0) is 30.2 Å². The molecule has 0 spiro atoms. The predicted octanol–water partition coefficient (Wildman–Crippen LogP) is 4.69. The summed E-state index contributed by atoms with van der Waals surface area (Å²) >= 11 is 6.10. The minimum Gasteiger partial charge on any atom is -0.257 e. The minimum absolute atomic E-state index is 0.247. The molecule has 0 aliphatic heterocycles. The zero-order valence-corrected chi connectivity index (χ0v) is 11.5. The molecule has 0 fully saturated rings. The Labute approximate surface area is 117 Å². The Morgan fingerprint density at radius 1 is 1.16 bits per heavy atom. The van der Waals surface area contributed by atoms with Crippen molar-refractivity contribution in [3.05, 3.63) is 65.3 Å². The maximum Gasteiger partial charge on any atom is 0.0773 e. The van der Waals surface area contributed by atoms with E-state index >= 15 is 0 Å². The Balaban J connectivity index is 2.14. The van der Waals surface area contributed by atoms with Crippen LogP contribution in [0.25, 0.3) is 10.9 Å². The van der Waals surface area contributed by atoms with E-state index in [0.29, 0.717) is 0 Å². The van der Waals surface area contributed by atoms with Crippen LogP contribution in [-0.2, 0) is 0 Å². The van der Waals surface area contributed by atoms with E-state index in [1.165, 1.54) is 5.56 Å². The summed E-state index contributed by atoms with van der Waals surface area (Å²) in [7, 11) is 0. The number of rotatable bonds is 3. The van der Waals surface area contributed by atoms with Crippen molar-refractivity contribution in [2.24, 2.45) is 0 Å². The predicted molar refractivity (Wildman–Crippen MR) is 79.6 cm³/mol. The molecule has 96 valence electrons. The lowest BCUT2D eigenvalue weighted by molar-refractivity contribution is 0.525. The van der Waals surface area contributed by atoms with Crippen LogP contribution in [-0.4, -0.2) is 9.78 Å². The lowest BCUT2D eigenvalue weighted by Gasteiger charge is -2.17. The summed E-state index contributed by atoms with van der Waals surface area (Å²) in [5, 5.41) is 6.41. The fourth-order valence-corrected chi connectivity index (χ4v) is 2.65. The molecule has 1 heterocycles. The summed E-state index contributed by atoms with van der Waals surface area (Å²) in [6, 6.07) is 16.6. The molecule has 0 radical (unpaired) electrons. The van der Waals surface area contributed by atoms with Crippen molar-refractivity contribution in [1.82, 2.24) is 9.78 Å². The standard InChI is InChI=1S/C16H15ClN2/c1-2-15(12-6-4-3-5-7-12)19-16-10-14(17)9-8-13(16)11-18-19/h3-11,15H,2H2,1H3. The van der Waals surface area contributed by atoms with Gasteiger partial charge in [-0.15, -0.1) is 0 Å². The first-order chi connectivity index (χ1) is 9.29. The number of nitrogens with zero attached hydrogens (tertiary/aromatic N) is 2. The van der Waals surface area contributed by atoms with Crippen LogP contribution in [0.4, 0.5) is 0 Å². The second-order valence-corrected chi connectivity index (χ2v) is 5.06. The Bertz CT molecular complexity index is 688. The van der Waals surface area contributed by atoms with Crippen LogP contribution in [0, 0.1) is 0 Å². The zero-order valence-electron chi connectivity index (χ0n) is 10.8. The highest BCUT2D eigenvalue weighted by atomic mass is 35.5. The number of benzene rings is 2.